The van der Waals surface area contributed by atoms with E-state index >= 15 is 0 Å². The summed E-state index contributed by atoms with van der Waals surface area (Å²) in [5.41, 5.74) is 2.84. The third-order valence-electron chi connectivity index (χ3n) is 8.18. The summed E-state index contributed by atoms with van der Waals surface area (Å²) in [7, 11) is 0. The molecule has 0 aliphatic carbocycles. The van der Waals surface area contributed by atoms with Gasteiger partial charge in [0.2, 0.25) is 6.17 Å². The monoisotopic (exact) mass is 513 g/mol. The van der Waals surface area contributed by atoms with Gasteiger partial charge in [-0.05, 0) is 36.3 Å². The van der Waals surface area contributed by atoms with Crippen molar-refractivity contribution in [2.75, 3.05) is 0 Å². The van der Waals surface area contributed by atoms with Crippen LogP contribution in [0, 0.1) is 18.0 Å². The van der Waals surface area contributed by atoms with Crippen LogP contribution in [0.2, 0.25) is 0 Å². The van der Waals surface area contributed by atoms with Gasteiger partial charge in [0, 0.05) is 0 Å². The maximum atomic E-state index is 4.70. The molecule has 0 aromatic heterocycles. The molecule has 1 heterocycles. The minimum atomic E-state index is 0.410. The van der Waals surface area contributed by atoms with Crippen molar-refractivity contribution >= 4 is 12.4 Å². The molecule has 0 bridgehead atoms. The predicted octanol–water partition coefficient (Wildman–Crippen LogP) is 10.6. The molecule has 1 aliphatic rings. The van der Waals surface area contributed by atoms with Crippen molar-refractivity contribution in [1.29, 1.82) is 0 Å². The van der Waals surface area contributed by atoms with Crippen LogP contribution in [0.3, 0.4) is 0 Å². The Balaban J connectivity index is 1.37. The first-order chi connectivity index (χ1) is 18.9. The lowest BCUT2D eigenvalue weighted by molar-refractivity contribution is 0.306. The van der Waals surface area contributed by atoms with E-state index < -0.39 is 0 Å². The first-order valence-corrected chi connectivity index (χ1v) is 15.9. The molecule has 0 fully saturated rings. The number of hydrogen-bond acceptors (Lipinski definition) is 2. The fourth-order valence-corrected chi connectivity index (χ4v) is 5.95. The Morgan fingerprint density at radius 1 is 0.526 bits per heavy atom. The van der Waals surface area contributed by atoms with Gasteiger partial charge >= 0.3 is 0 Å². The molecule has 38 heavy (non-hydrogen) atoms. The highest BCUT2D eigenvalue weighted by Gasteiger charge is 2.35. The van der Waals surface area contributed by atoms with Gasteiger partial charge in [-0.3, -0.25) is 0 Å². The molecule has 1 unspecified atom stereocenters. The van der Waals surface area contributed by atoms with Crippen molar-refractivity contribution in [2.24, 2.45) is 21.8 Å². The molecular weight excluding hydrogens is 460 g/mol. The lowest BCUT2D eigenvalue weighted by atomic mass is 9.78. The van der Waals surface area contributed by atoms with Gasteiger partial charge in [0.1, 0.15) is 0 Å². The number of rotatable bonds is 22. The average molecular weight is 514 g/mol. The van der Waals surface area contributed by atoms with E-state index in [1.54, 1.807) is 0 Å². The molecule has 2 nitrogen and oxygen atoms in total. The summed E-state index contributed by atoms with van der Waals surface area (Å²) >= 11 is 0. The van der Waals surface area contributed by atoms with E-state index in [4.69, 9.17) is 9.98 Å². The van der Waals surface area contributed by atoms with Crippen LogP contribution in [0.15, 0.2) is 70.6 Å². The van der Waals surface area contributed by atoms with E-state index in [0.717, 1.165) is 19.0 Å². The van der Waals surface area contributed by atoms with Crippen molar-refractivity contribution < 1.29 is 0 Å². The van der Waals surface area contributed by atoms with Crippen LogP contribution in [0.1, 0.15) is 121 Å². The van der Waals surface area contributed by atoms with Gasteiger partial charge in [0.15, 0.2) is 12.4 Å². The molecule has 0 amide bonds. The predicted molar refractivity (Wildman–Crippen MR) is 167 cm³/mol. The number of hydrogen-bond donors (Lipinski definition) is 0. The highest BCUT2D eigenvalue weighted by Crippen LogP contribution is 2.36. The van der Waals surface area contributed by atoms with E-state index in [0.29, 0.717) is 11.8 Å². The summed E-state index contributed by atoms with van der Waals surface area (Å²) < 4.78 is 0. The van der Waals surface area contributed by atoms with E-state index in [1.807, 2.05) is 12.4 Å². The van der Waals surface area contributed by atoms with E-state index in [-0.39, 0.29) is 0 Å². The van der Waals surface area contributed by atoms with Crippen LogP contribution >= 0.6 is 0 Å². The van der Waals surface area contributed by atoms with Gasteiger partial charge in [-0.1, -0.05) is 174 Å². The average Bonchev–Trinajstić information content (AvgIpc) is 3.48. The fraction of sp³-hybridized carbons (Fsp3) is 0.583. The third kappa shape index (κ3) is 12.5. The third-order valence-corrected chi connectivity index (χ3v) is 8.18. The summed E-state index contributed by atoms with van der Waals surface area (Å²) in [6.45, 7) is 2.30. The zero-order chi connectivity index (χ0) is 26.5. The number of aliphatic imine (C=N–C) groups is 2. The van der Waals surface area contributed by atoms with Crippen LogP contribution in [0.25, 0.3) is 0 Å². The van der Waals surface area contributed by atoms with Crippen molar-refractivity contribution in [3.63, 3.8) is 0 Å². The second kappa shape index (κ2) is 19.7. The van der Waals surface area contributed by atoms with Gasteiger partial charge in [-0.2, -0.15) is 0 Å². The normalized spacial score (nSPS) is 13.6. The summed E-state index contributed by atoms with van der Waals surface area (Å²) in [4.78, 5) is 9.40. The maximum Gasteiger partial charge on any atom is 0.244 e. The summed E-state index contributed by atoms with van der Waals surface area (Å²) in [5, 5.41) is 0. The first kappa shape index (κ1) is 30.2. The molecule has 0 saturated heterocycles. The second-order valence-electron chi connectivity index (χ2n) is 11.4. The van der Waals surface area contributed by atoms with Gasteiger partial charge in [0.05, 0.1) is 5.92 Å². The Morgan fingerprint density at radius 2 is 0.921 bits per heavy atom. The molecule has 0 N–H and O–H groups in total. The standard InChI is InChI=1S/C36H53N2/c1-2-3-4-5-6-7-8-9-10-11-12-13-14-15-22-27-35(36-37-28-29-38-36)34(30-32-23-18-16-19-24-32)31-33-25-20-17-21-26-33/h16-21,23-26,28-29,34-35H,2-15,22,27,30-31H2,1H3/q+1. The van der Waals surface area contributed by atoms with Crippen molar-refractivity contribution in [3.05, 3.63) is 78.0 Å². The first-order valence-electron chi connectivity index (χ1n) is 15.9. The molecule has 1 atom stereocenters. The van der Waals surface area contributed by atoms with Gasteiger partial charge < -0.3 is 0 Å². The van der Waals surface area contributed by atoms with Crippen LogP contribution < -0.4 is 0 Å². The molecule has 1 aliphatic heterocycles. The summed E-state index contributed by atoms with van der Waals surface area (Å²) in [5.74, 6) is 0.918. The molecular formula is C36H53N2+. The molecule has 0 radical (unpaired) electrons. The summed E-state index contributed by atoms with van der Waals surface area (Å²) in [6, 6.07) is 22.0. The Hall–Kier alpha value is -2.35. The number of unbranched alkanes of at least 4 members (excludes halogenated alkanes) is 14. The Bertz CT molecular complexity index is 819. The minimum Gasteiger partial charge on any atom is -0.0965 e. The van der Waals surface area contributed by atoms with Gasteiger partial charge in [0.25, 0.3) is 0 Å². The molecule has 0 spiro atoms. The Kier molecular flexibility index (Phi) is 15.6. The zero-order valence-corrected chi connectivity index (χ0v) is 24.2. The highest BCUT2D eigenvalue weighted by molar-refractivity contribution is 6.18. The fourth-order valence-electron chi connectivity index (χ4n) is 5.95. The molecule has 2 heteroatoms. The molecule has 2 aromatic carbocycles. The van der Waals surface area contributed by atoms with Crippen LogP contribution in [0.5, 0.6) is 0 Å². The largest absolute Gasteiger partial charge is 0.244 e. The Morgan fingerprint density at radius 3 is 1.34 bits per heavy atom. The lowest BCUT2D eigenvalue weighted by Crippen LogP contribution is -2.24. The molecule has 0 saturated carbocycles. The molecule has 206 valence electrons. The van der Waals surface area contributed by atoms with Gasteiger partial charge in [-0.15, -0.1) is 0 Å². The van der Waals surface area contributed by atoms with E-state index in [1.165, 1.54) is 114 Å². The van der Waals surface area contributed by atoms with Crippen LogP contribution in [-0.2, 0) is 12.8 Å². The quantitative estimate of drug-likeness (QED) is 0.110. The number of benzene rings is 2. The van der Waals surface area contributed by atoms with Gasteiger partial charge in [-0.25, -0.2) is 0 Å². The van der Waals surface area contributed by atoms with Crippen molar-refractivity contribution in [3.8, 4) is 0 Å². The SMILES string of the molecule is CCCCCCCCCCCCCCCCCC([C+]1N=CC=N1)C(Cc1ccccc1)Cc1ccccc1. The van der Waals surface area contributed by atoms with E-state index in [9.17, 15) is 0 Å². The van der Waals surface area contributed by atoms with E-state index in [2.05, 4.69) is 67.6 Å². The molecule has 2 aromatic rings. The van der Waals surface area contributed by atoms with Crippen LogP contribution in [-0.4, -0.2) is 12.4 Å². The van der Waals surface area contributed by atoms with Crippen molar-refractivity contribution in [2.45, 2.75) is 122 Å². The molecule has 3 rings (SSSR count). The lowest BCUT2D eigenvalue weighted by Gasteiger charge is -2.26. The highest BCUT2D eigenvalue weighted by atomic mass is 15.0. The minimum absolute atomic E-state index is 0.410. The zero-order valence-electron chi connectivity index (χ0n) is 24.2. The van der Waals surface area contributed by atoms with Crippen LogP contribution in [0.4, 0.5) is 0 Å². The topological polar surface area (TPSA) is 24.7 Å². The number of nitrogens with zero attached hydrogens (tertiary/aromatic N) is 2. The second-order valence-corrected chi connectivity index (χ2v) is 11.4. The smallest absolute Gasteiger partial charge is 0.0965 e. The van der Waals surface area contributed by atoms with Crippen molar-refractivity contribution in [1.82, 2.24) is 0 Å². The Labute approximate surface area is 234 Å². The summed E-state index contributed by atoms with van der Waals surface area (Å²) in [6.07, 6.45) is 29.2. The maximum absolute atomic E-state index is 4.70.